The van der Waals surface area contributed by atoms with Crippen molar-refractivity contribution in [3.05, 3.63) is 29.3 Å². The first-order chi connectivity index (χ1) is 9.70. The highest BCUT2D eigenvalue weighted by atomic mass is 16.5. The Labute approximate surface area is 123 Å². The Hall–Kier alpha value is -1.02. The van der Waals surface area contributed by atoms with E-state index in [0.29, 0.717) is 12.1 Å². The number of rotatable bonds is 4. The lowest BCUT2D eigenvalue weighted by Gasteiger charge is -2.26. The maximum atomic E-state index is 5.54. The van der Waals surface area contributed by atoms with E-state index in [-0.39, 0.29) is 0 Å². The van der Waals surface area contributed by atoms with Crippen molar-refractivity contribution in [1.29, 1.82) is 0 Å². The molecule has 1 aliphatic rings. The van der Waals surface area contributed by atoms with Gasteiger partial charge >= 0.3 is 0 Å². The van der Waals surface area contributed by atoms with Crippen molar-refractivity contribution in [3.63, 3.8) is 0 Å². The van der Waals surface area contributed by atoms with Crippen LogP contribution < -0.4 is 10.1 Å². The molecule has 1 aromatic carbocycles. The van der Waals surface area contributed by atoms with Gasteiger partial charge in [-0.05, 0) is 38.3 Å². The lowest BCUT2D eigenvalue weighted by atomic mass is 9.95. The molecule has 112 valence electrons. The molecular formula is C18H29NO. The maximum Gasteiger partial charge on any atom is 0.123 e. The van der Waals surface area contributed by atoms with Crippen molar-refractivity contribution in [2.75, 3.05) is 7.11 Å². The van der Waals surface area contributed by atoms with E-state index in [2.05, 4.69) is 37.4 Å². The topological polar surface area (TPSA) is 21.3 Å². The van der Waals surface area contributed by atoms with Gasteiger partial charge in [0.15, 0.2) is 0 Å². The second-order valence-electron chi connectivity index (χ2n) is 6.18. The Morgan fingerprint density at radius 1 is 1.10 bits per heavy atom. The van der Waals surface area contributed by atoms with E-state index >= 15 is 0 Å². The van der Waals surface area contributed by atoms with Gasteiger partial charge in [0.1, 0.15) is 5.75 Å². The molecule has 1 saturated carbocycles. The van der Waals surface area contributed by atoms with Crippen LogP contribution in [0.15, 0.2) is 18.2 Å². The van der Waals surface area contributed by atoms with Gasteiger partial charge in [-0.2, -0.15) is 0 Å². The number of ether oxygens (including phenoxy) is 1. The zero-order valence-corrected chi connectivity index (χ0v) is 13.2. The molecule has 1 N–H and O–H groups in total. The van der Waals surface area contributed by atoms with Gasteiger partial charge in [0.25, 0.3) is 0 Å². The van der Waals surface area contributed by atoms with Crippen LogP contribution in [0.4, 0.5) is 0 Å². The number of aryl methyl sites for hydroxylation is 1. The van der Waals surface area contributed by atoms with Crippen molar-refractivity contribution >= 4 is 0 Å². The quantitative estimate of drug-likeness (QED) is 0.855. The third kappa shape index (κ3) is 4.24. The summed E-state index contributed by atoms with van der Waals surface area (Å²) in [6, 6.07) is 7.53. The third-order valence-electron chi connectivity index (χ3n) is 4.45. The van der Waals surface area contributed by atoms with Gasteiger partial charge in [0.05, 0.1) is 7.11 Å². The van der Waals surface area contributed by atoms with E-state index in [1.807, 2.05) is 0 Å². The average Bonchev–Trinajstić information content (AvgIpc) is 2.41. The Morgan fingerprint density at radius 3 is 2.40 bits per heavy atom. The summed E-state index contributed by atoms with van der Waals surface area (Å²) in [5, 5.41) is 3.82. The van der Waals surface area contributed by atoms with Gasteiger partial charge in [0.2, 0.25) is 0 Å². The summed E-state index contributed by atoms with van der Waals surface area (Å²) in [6.45, 7) is 4.37. The molecule has 0 aromatic heterocycles. The number of methoxy groups -OCH3 is 1. The number of hydrogen-bond donors (Lipinski definition) is 1. The minimum absolute atomic E-state index is 0.356. The molecule has 2 heteroatoms. The van der Waals surface area contributed by atoms with Crippen LogP contribution in [0.1, 0.15) is 69.0 Å². The van der Waals surface area contributed by atoms with Crippen molar-refractivity contribution in [3.8, 4) is 5.75 Å². The number of benzene rings is 1. The van der Waals surface area contributed by atoms with Crippen molar-refractivity contribution in [1.82, 2.24) is 5.32 Å². The smallest absolute Gasteiger partial charge is 0.123 e. The molecule has 0 heterocycles. The van der Waals surface area contributed by atoms with Crippen molar-refractivity contribution in [2.45, 2.75) is 70.9 Å². The van der Waals surface area contributed by atoms with E-state index in [4.69, 9.17) is 4.74 Å². The molecule has 0 radical (unpaired) electrons. The van der Waals surface area contributed by atoms with E-state index in [9.17, 15) is 0 Å². The zero-order valence-electron chi connectivity index (χ0n) is 13.2. The highest BCUT2D eigenvalue weighted by Crippen LogP contribution is 2.28. The average molecular weight is 275 g/mol. The van der Waals surface area contributed by atoms with Gasteiger partial charge in [-0.25, -0.2) is 0 Å². The molecule has 1 unspecified atom stereocenters. The molecule has 2 rings (SSSR count). The van der Waals surface area contributed by atoms with Gasteiger partial charge < -0.3 is 10.1 Å². The van der Waals surface area contributed by atoms with Gasteiger partial charge in [-0.3, -0.25) is 0 Å². The van der Waals surface area contributed by atoms with Crippen LogP contribution in [0.2, 0.25) is 0 Å². The van der Waals surface area contributed by atoms with Crippen LogP contribution in [0.5, 0.6) is 5.75 Å². The monoisotopic (exact) mass is 275 g/mol. The summed E-state index contributed by atoms with van der Waals surface area (Å²) in [5.41, 5.74) is 2.53. The highest BCUT2D eigenvalue weighted by molar-refractivity contribution is 5.39. The van der Waals surface area contributed by atoms with E-state index in [1.165, 1.54) is 56.1 Å². The minimum Gasteiger partial charge on any atom is -0.496 e. The molecule has 1 aliphatic carbocycles. The van der Waals surface area contributed by atoms with Crippen LogP contribution >= 0.6 is 0 Å². The fraction of sp³-hybridized carbons (Fsp3) is 0.667. The lowest BCUT2D eigenvalue weighted by Crippen LogP contribution is -2.32. The first kappa shape index (κ1) is 15.4. The number of nitrogens with one attached hydrogen (secondary N) is 1. The molecule has 20 heavy (non-hydrogen) atoms. The van der Waals surface area contributed by atoms with Gasteiger partial charge in [0, 0.05) is 17.6 Å². The normalized spacial score (nSPS) is 19.1. The maximum absolute atomic E-state index is 5.54. The van der Waals surface area contributed by atoms with Crippen LogP contribution in [0, 0.1) is 6.92 Å². The largest absolute Gasteiger partial charge is 0.496 e. The van der Waals surface area contributed by atoms with Gasteiger partial charge in [-0.15, -0.1) is 0 Å². The standard InChI is InChI=1S/C18H29NO/c1-14-11-12-17(18(13-14)20-3)15(2)19-16-9-7-5-4-6-8-10-16/h11-13,15-16,19H,4-10H2,1-3H3. The Bertz CT molecular complexity index is 408. The van der Waals surface area contributed by atoms with Crippen LogP contribution in [-0.4, -0.2) is 13.2 Å². The second kappa shape index (κ2) is 7.68. The third-order valence-corrected chi connectivity index (χ3v) is 4.45. The minimum atomic E-state index is 0.356. The Morgan fingerprint density at radius 2 is 1.75 bits per heavy atom. The van der Waals surface area contributed by atoms with E-state index in [0.717, 1.165) is 5.75 Å². The molecule has 0 bridgehead atoms. The molecule has 0 aliphatic heterocycles. The Balaban J connectivity index is 2.01. The summed E-state index contributed by atoms with van der Waals surface area (Å²) < 4.78 is 5.54. The second-order valence-corrected chi connectivity index (χ2v) is 6.18. The molecule has 2 nitrogen and oxygen atoms in total. The SMILES string of the molecule is COc1cc(C)ccc1C(C)NC1CCCCCCC1. The summed E-state index contributed by atoms with van der Waals surface area (Å²) in [5.74, 6) is 1.01. The molecular weight excluding hydrogens is 246 g/mol. The predicted octanol–water partition coefficient (Wildman–Crippen LogP) is 4.77. The van der Waals surface area contributed by atoms with E-state index in [1.54, 1.807) is 7.11 Å². The van der Waals surface area contributed by atoms with Gasteiger partial charge in [-0.1, -0.05) is 44.2 Å². The summed E-state index contributed by atoms with van der Waals surface area (Å²) in [6.07, 6.45) is 9.61. The molecule has 0 amide bonds. The molecule has 0 spiro atoms. The summed E-state index contributed by atoms with van der Waals surface area (Å²) in [4.78, 5) is 0. The lowest BCUT2D eigenvalue weighted by molar-refractivity contribution is 0.352. The molecule has 1 fully saturated rings. The number of hydrogen-bond acceptors (Lipinski definition) is 2. The fourth-order valence-electron chi connectivity index (χ4n) is 3.24. The van der Waals surface area contributed by atoms with Crippen LogP contribution in [0.3, 0.4) is 0 Å². The first-order valence-corrected chi connectivity index (χ1v) is 8.11. The fourth-order valence-corrected chi connectivity index (χ4v) is 3.24. The molecule has 1 aromatic rings. The van der Waals surface area contributed by atoms with Crippen LogP contribution in [0.25, 0.3) is 0 Å². The first-order valence-electron chi connectivity index (χ1n) is 8.11. The predicted molar refractivity (Wildman–Crippen MR) is 85.4 cm³/mol. The zero-order chi connectivity index (χ0) is 14.4. The highest BCUT2D eigenvalue weighted by Gasteiger charge is 2.17. The van der Waals surface area contributed by atoms with E-state index < -0.39 is 0 Å². The van der Waals surface area contributed by atoms with Crippen molar-refractivity contribution in [2.24, 2.45) is 0 Å². The molecule has 0 saturated heterocycles. The summed E-state index contributed by atoms with van der Waals surface area (Å²) >= 11 is 0. The summed E-state index contributed by atoms with van der Waals surface area (Å²) in [7, 11) is 1.76. The van der Waals surface area contributed by atoms with Crippen LogP contribution in [-0.2, 0) is 0 Å². The molecule has 1 atom stereocenters. The van der Waals surface area contributed by atoms with Crippen molar-refractivity contribution < 1.29 is 4.74 Å². The Kier molecular flexibility index (Phi) is 5.90.